The Morgan fingerprint density at radius 1 is 1.14 bits per heavy atom. The lowest BCUT2D eigenvalue weighted by atomic mass is 10.1. The SMILES string of the molecule is Cc1ccc(OC(C)C(=O)c2ccc(Cl)c(Cl)c2)c(N)c1. The van der Waals surface area contributed by atoms with Crippen LogP contribution in [0.15, 0.2) is 36.4 Å². The van der Waals surface area contributed by atoms with E-state index in [1.54, 1.807) is 31.2 Å². The van der Waals surface area contributed by atoms with E-state index in [4.69, 9.17) is 33.7 Å². The van der Waals surface area contributed by atoms with E-state index in [0.717, 1.165) is 5.56 Å². The van der Waals surface area contributed by atoms with Crippen LogP contribution in [-0.2, 0) is 0 Å². The summed E-state index contributed by atoms with van der Waals surface area (Å²) in [6.07, 6.45) is -0.674. The zero-order chi connectivity index (χ0) is 15.6. The third kappa shape index (κ3) is 3.69. The molecule has 0 bridgehead atoms. The Labute approximate surface area is 133 Å². The fourth-order valence-electron chi connectivity index (χ4n) is 1.90. The highest BCUT2D eigenvalue weighted by atomic mass is 35.5. The Morgan fingerprint density at radius 2 is 1.86 bits per heavy atom. The second-order valence-electron chi connectivity index (χ2n) is 4.79. The molecule has 0 heterocycles. The first kappa shape index (κ1) is 15.7. The number of Topliss-reactive ketones (excluding diaryl/α,β-unsaturated/α-hetero) is 1. The second-order valence-corrected chi connectivity index (χ2v) is 5.61. The summed E-state index contributed by atoms with van der Waals surface area (Å²) < 4.78 is 5.64. The van der Waals surface area contributed by atoms with E-state index in [1.807, 2.05) is 13.0 Å². The van der Waals surface area contributed by atoms with Gasteiger partial charge in [0.2, 0.25) is 5.78 Å². The van der Waals surface area contributed by atoms with Gasteiger partial charge in [0.05, 0.1) is 15.7 Å². The number of ether oxygens (including phenoxy) is 1. The highest BCUT2D eigenvalue weighted by Crippen LogP contribution is 2.26. The van der Waals surface area contributed by atoms with Gasteiger partial charge in [0.1, 0.15) is 5.75 Å². The number of carbonyl (C=O) groups excluding carboxylic acids is 1. The Kier molecular flexibility index (Phi) is 4.76. The molecule has 0 aliphatic heterocycles. The number of anilines is 1. The van der Waals surface area contributed by atoms with E-state index in [1.165, 1.54) is 6.07 Å². The molecule has 0 saturated heterocycles. The zero-order valence-electron chi connectivity index (χ0n) is 11.7. The van der Waals surface area contributed by atoms with Crippen molar-refractivity contribution in [2.45, 2.75) is 20.0 Å². The van der Waals surface area contributed by atoms with Gasteiger partial charge in [-0.1, -0.05) is 29.3 Å². The average Bonchev–Trinajstić information content (AvgIpc) is 2.44. The van der Waals surface area contributed by atoms with Gasteiger partial charge in [0.15, 0.2) is 6.10 Å². The van der Waals surface area contributed by atoms with Gasteiger partial charge in [-0.05, 0) is 49.7 Å². The third-order valence-corrected chi connectivity index (χ3v) is 3.78. The summed E-state index contributed by atoms with van der Waals surface area (Å²) in [6, 6.07) is 10.2. The minimum Gasteiger partial charge on any atom is -0.480 e. The maximum absolute atomic E-state index is 12.3. The maximum Gasteiger partial charge on any atom is 0.203 e. The van der Waals surface area contributed by atoms with Crippen molar-refractivity contribution >= 4 is 34.7 Å². The van der Waals surface area contributed by atoms with E-state index >= 15 is 0 Å². The van der Waals surface area contributed by atoms with E-state index < -0.39 is 6.10 Å². The first-order chi connectivity index (χ1) is 9.88. The Bertz CT molecular complexity index is 686. The molecule has 0 aromatic heterocycles. The Morgan fingerprint density at radius 3 is 2.48 bits per heavy atom. The highest BCUT2D eigenvalue weighted by Gasteiger charge is 2.18. The van der Waals surface area contributed by atoms with E-state index in [-0.39, 0.29) is 5.78 Å². The van der Waals surface area contributed by atoms with Gasteiger partial charge >= 0.3 is 0 Å². The molecular formula is C16H15Cl2NO2. The molecule has 0 saturated carbocycles. The molecule has 5 heteroatoms. The van der Waals surface area contributed by atoms with Crippen molar-refractivity contribution in [2.24, 2.45) is 0 Å². The number of halogens is 2. The molecule has 2 rings (SSSR count). The quantitative estimate of drug-likeness (QED) is 0.664. The van der Waals surface area contributed by atoms with Crippen LogP contribution in [0.1, 0.15) is 22.8 Å². The monoisotopic (exact) mass is 323 g/mol. The van der Waals surface area contributed by atoms with Crippen molar-refractivity contribution in [1.82, 2.24) is 0 Å². The lowest BCUT2D eigenvalue weighted by Gasteiger charge is -2.16. The van der Waals surface area contributed by atoms with Crippen LogP contribution < -0.4 is 10.5 Å². The molecule has 3 nitrogen and oxygen atoms in total. The molecular weight excluding hydrogens is 309 g/mol. The second kappa shape index (κ2) is 6.37. The van der Waals surface area contributed by atoms with Gasteiger partial charge in [-0.2, -0.15) is 0 Å². The number of aryl methyl sites for hydroxylation is 1. The van der Waals surface area contributed by atoms with Crippen molar-refractivity contribution in [3.8, 4) is 5.75 Å². The molecule has 1 unspecified atom stereocenters. The largest absolute Gasteiger partial charge is 0.480 e. The molecule has 2 aromatic carbocycles. The number of nitrogens with two attached hydrogens (primary N) is 1. The smallest absolute Gasteiger partial charge is 0.203 e. The van der Waals surface area contributed by atoms with Crippen molar-refractivity contribution in [3.63, 3.8) is 0 Å². The lowest BCUT2D eigenvalue weighted by molar-refractivity contribution is 0.0819. The van der Waals surface area contributed by atoms with Crippen LogP contribution in [0, 0.1) is 6.92 Å². The number of nitrogen functional groups attached to an aromatic ring is 1. The first-order valence-electron chi connectivity index (χ1n) is 6.40. The van der Waals surface area contributed by atoms with Crippen molar-refractivity contribution in [2.75, 3.05) is 5.73 Å². The van der Waals surface area contributed by atoms with Gasteiger partial charge in [-0.3, -0.25) is 4.79 Å². The lowest BCUT2D eigenvalue weighted by Crippen LogP contribution is -2.24. The number of benzene rings is 2. The fourth-order valence-corrected chi connectivity index (χ4v) is 2.20. The number of carbonyl (C=O) groups is 1. The summed E-state index contributed by atoms with van der Waals surface area (Å²) in [7, 11) is 0. The average molecular weight is 324 g/mol. The number of hydrogen-bond acceptors (Lipinski definition) is 3. The van der Waals surface area contributed by atoms with Crippen LogP contribution in [0.2, 0.25) is 10.0 Å². The predicted molar refractivity (Wildman–Crippen MR) is 86.5 cm³/mol. The molecule has 0 radical (unpaired) electrons. The van der Waals surface area contributed by atoms with E-state index in [0.29, 0.717) is 27.0 Å². The molecule has 0 aliphatic carbocycles. The summed E-state index contributed by atoms with van der Waals surface area (Å²) >= 11 is 11.8. The molecule has 0 fully saturated rings. The minimum atomic E-state index is -0.674. The van der Waals surface area contributed by atoms with Crippen LogP contribution in [-0.4, -0.2) is 11.9 Å². The molecule has 2 N–H and O–H groups in total. The number of ketones is 1. The molecule has 1 atom stereocenters. The van der Waals surface area contributed by atoms with E-state index in [9.17, 15) is 4.79 Å². The van der Waals surface area contributed by atoms with Crippen LogP contribution >= 0.6 is 23.2 Å². The first-order valence-corrected chi connectivity index (χ1v) is 7.16. The highest BCUT2D eigenvalue weighted by molar-refractivity contribution is 6.42. The Hall–Kier alpha value is -1.71. The van der Waals surface area contributed by atoms with Crippen LogP contribution in [0.4, 0.5) is 5.69 Å². The molecule has 0 amide bonds. The van der Waals surface area contributed by atoms with Gasteiger partial charge < -0.3 is 10.5 Å². The minimum absolute atomic E-state index is 0.187. The fraction of sp³-hybridized carbons (Fsp3) is 0.188. The van der Waals surface area contributed by atoms with Gasteiger partial charge in [-0.25, -0.2) is 0 Å². The topological polar surface area (TPSA) is 52.3 Å². The standard InChI is InChI=1S/C16H15Cl2NO2/c1-9-3-6-15(14(19)7-9)21-10(2)16(20)11-4-5-12(17)13(18)8-11/h3-8,10H,19H2,1-2H3. The predicted octanol–water partition coefficient (Wildman–Crippen LogP) is 4.53. The van der Waals surface area contributed by atoms with Crippen LogP contribution in [0.5, 0.6) is 5.75 Å². The Balaban J connectivity index is 2.17. The van der Waals surface area contributed by atoms with Gasteiger partial charge in [0, 0.05) is 5.56 Å². The number of rotatable bonds is 4. The van der Waals surface area contributed by atoms with Gasteiger partial charge in [0.25, 0.3) is 0 Å². The van der Waals surface area contributed by atoms with Crippen molar-refractivity contribution in [3.05, 3.63) is 57.6 Å². The number of hydrogen-bond donors (Lipinski definition) is 1. The molecule has 0 spiro atoms. The summed E-state index contributed by atoms with van der Waals surface area (Å²) in [4.78, 5) is 12.3. The van der Waals surface area contributed by atoms with Crippen LogP contribution in [0.3, 0.4) is 0 Å². The summed E-state index contributed by atoms with van der Waals surface area (Å²) in [5.41, 5.74) is 7.86. The summed E-state index contributed by atoms with van der Waals surface area (Å²) in [5, 5.41) is 0.745. The van der Waals surface area contributed by atoms with Crippen molar-refractivity contribution in [1.29, 1.82) is 0 Å². The molecule has 21 heavy (non-hydrogen) atoms. The van der Waals surface area contributed by atoms with Gasteiger partial charge in [-0.15, -0.1) is 0 Å². The zero-order valence-corrected chi connectivity index (χ0v) is 13.2. The normalized spacial score (nSPS) is 12.0. The van der Waals surface area contributed by atoms with Crippen LogP contribution in [0.25, 0.3) is 0 Å². The molecule has 110 valence electrons. The summed E-state index contributed by atoms with van der Waals surface area (Å²) in [5.74, 6) is 0.301. The van der Waals surface area contributed by atoms with Crippen molar-refractivity contribution < 1.29 is 9.53 Å². The third-order valence-electron chi connectivity index (χ3n) is 3.04. The molecule has 2 aromatic rings. The van der Waals surface area contributed by atoms with E-state index in [2.05, 4.69) is 0 Å². The summed E-state index contributed by atoms with van der Waals surface area (Å²) in [6.45, 7) is 3.61. The molecule has 0 aliphatic rings. The maximum atomic E-state index is 12.3.